The summed E-state index contributed by atoms with van der Waals surface area (Å²) in [6.07, 6.45) is 1.96. The predicted octanol–water partition coefficient (Wildman–Crippen LogP) is 1.14. The van der Waals surface area contributed by atoms with Crippen LogP contribution in [-0.2, 0) is 16.1 Å². The maximum atomic E-state index is 13.0. The summed E-state index contributed by atoms with van der Waals surface area (Å²) in [6.45, 7) is 3.88. The summed E-state index contributed by atoms with van der Waals surface area (Å²) >= 11 is 0. The van der Waals surface area contributed by atoms with Crippen LogP contribution in [0, 0.1) is 5.82 Å². The third kappa shape index (κ3) is 4.07. The predicted molar refractivity (Wildman–Crippen MR) is 84.0 cm³/mol. The molecule has 1 aromatic rings. The lowest BCUT2D eigenvalue weighted by molar-refractivity contribution is -0.134. The number of nitrogens with zero attached hydrogens (tertiary/aromatic N) is 2. The third-order valence-corrected chi connectivity index (χ3v) is 4.51. The Morgan fingerprint density at radius 1 is 1.17 bits per heavy atom. The molecule has 0 unspecified atom stereocenters. The van der Waals surface area contributed by atoms with E-state index in [1.165, 1.54) is 12.1 Å². The monoisotopic (exact) mass is 319 g/mol. The van der Waals surface area contributed by atoms with E-state index >= 15 is 0 Å². The highest BCUT2D eigenvalue weighted by Gasteiger charge is 2.31. The van der Waals surface area contributed by atoms with Crippen molar-refractivity contribution in [3.05, 3.63) is 35.6 Å². The molecule has 3 rings (SSSR count). The van der Waals surface area contributed by atoms with Crippen molar-refractivity contribution in [2.45, 2.75) is 31.8 Å². The van der Waals surface area contributed by atoms with Crippen molar-refractivity contribution in [1.29, 1.82) is 0 Å². The highest BCUT2D eigenvalue weighted by atomic mass is 19.1. The minimum absolute atomic E-state index is 0.0314. The topological polar surface area (TPSA) is 52.7 Å². The third-order valence-electron chi connectivity index (χ3n) is 4.51. The van der Waals surface area contributed by atoms with Crippen molar-refractivity contribution in [1.82, 2.24) is 15.1 Å². The highest BCUT2D eigenvalue weighted by Crippen LogP contribution is 2.14. The van der Waals surface area contributed by atoms with E-state index in [-0.39, 0.29) is 23.7 Å². The van der Waals surface area contributed by atoms with E-state index in [0.717, 1.165) is 38.2 Å². The molecule has 0 spiro atoms. The molecule has 0 radical (unpaired) electrons. The van der Waals surface area contributed by atoms with Crippen LogP contribution in [0.5, 0.6) is 0 Å². The molecule has 2 heterocycles. The van der Waals surface area contributed by atoms with Gasteiger partial charge in [0, 0.05) is 39.1 Å². The molecule has 1 atom stereocenters. The van der Waals surface area contributed by atoms with Crippen molar-refractivity contribution in [2.24, 2.45) is 0 Å². The van der Waals surface area contributed by atoms with Gasteiger partial charge >= 0.3 is 0 Å². The molecular weight excluding hydrogens is 297 g/mol. The van der Waals surface area contributed by atoms with E-state index < -0.39 is 0 Å². The molecule has 2 amide bonds. The lowest BCUT2D eigenvalue weighted by atomic mass is 10.2. The van der Waals surface area contributed by atoms with Gasteiger partial charge in [0.05, 0.1) is 0 Å². The zero-order valence-electron chi connectivity index (χ0n) is 13.1. The number of amides is 2. The number of benzene rings is 1. The quantitative estimate of drug-likeness (QED) is 0.909. The molecular formula is C17H22FN3O2. The Kier molecular flexibility index (Phi) is 4.91. The van der Waals surface area contributed by atoms with Gasteiger partial charge in [-0.05, 0) is 30.5 Å². The van der Waals surface area contributed by atoms with Gasteiger partial charge in [-0.2, -0.15) is 0 Å². The SMILES string of the molecule is O=C1CC[C@H](C(=O)N2CCCN(Cc3ccc(F)cc3)CC2)N1. The van der Waals surface area contributed by atoms with Crippen molar-refractivity contribution < 1.29 is 14.0 Å². The summed E-state index contributed by atoms with van der Waals surface area (Å²) < 4.78 is 13.0. The maximum absolute atomic E-state index is 13.0. The summed E-state index contributed by atoms with van der Waals surface area (Å²) in [6, 6.07) is 6.22. The van der Waals surface area contributed by atoms with Crippen molar-refractivity contribution in [2.75, 3.05) is 26.2 Å². The van der Waals surface area contributed by atoms with Gasteiger partial charge in [-0.1, -0.05) is 12.1 Å². The molecule has 23 heavy (non-hydrogen) atoms. The van der Waals surface area contributed by atoms with E-state index in [4.69, 9.17) is 0 Å². The molecule has 0 aliphatic carbocycles. The number of hydrogen-bond donors (Lipinski definition) is 1. The molecule has 124 valence electrons. The fraction of sp³-hybridized carbons (Fsp3) is 0.529. The molecule has 2 aliphatic rings. The van der Waals surface area contributed by atoms with Crippen LogP contribution in [-0.4, -0.2) is 53.8 Å². The van der Waals surface area contributed by atoms with Crippen molar-refractivity contribution in [3.63, 3.8) is 0 Å². The summed E-state index contributed by atoms with van der Waals surface area (Å²) in [5, 5.41) is 2.75. The van der Waals surface area contributed by atoms with Crippen LogP contribution in [0.4, 0.5) is 4.39 Å². The minimum Gasteiger partial charge on any atom is -0.344 e. The minimum atomic E-state index is -0.342. The van der Waals surface area contributed by atoms with Gasteiger partial charge in [-0.25, -0.2) is 4.39 Å². The fourth-order valence-electron chi connectivity index (χ4n) is 3.22. The van der Waals surface area contributed by atoms with Gasteiger partial charge in [-0.15, -0.1) is 0 Å². The second-order valence-electron chi connectivity index (χ2n) is 6.24. The zero-order chi connectivity index (χ0) is 16.2. The number of carbonyl (C=O) groups excluding carboxylic acids is 2. The molecule has 2 aliphatic heterocycles. The van der Waals surface area contributed by atoms with Gasteiger partial charge in [0.1, 0.15) is 11.9 Å². The van der Waals surface area contributed by atoms with Gasteiger partial charge in [-0.3, -0.25) is 14.5 Å². The van der Waals surface area contributed by atoms with Crippen LogP contribution < -0.4 is 5.32 Å². The fourth-order valence-corrected chi connectivity index (χ4v) is 3.22. The molecule has 2 saturated heterocycles. The molecule has 2 fully saturated rings. The molecule has 0 saturated carbocycles. The number of halogens is 1. The second kappa shape index (κ2) is 7.08. The van der Waals surface area contributed by atoms with Gasteiger partial charge in [0.25, 0.3) is 0 Å². The lowest BCUT2D eigenvalue weighted by Crippen LogP contribution is -2.45. The van der Waals surface area contributed by atoms with E-state index in [2.05, 4.69) is 10.2 Å². The number of rotatable bonds is 3. The van der Waals surface area contributed by atoms with E-state index in [0.29, 0.717) is 19.4 Å². The summed E-state index contributed by atoms with van der Waals surface area (Å²) in [7, 11) is 0. The Hall–Kier alpha value is -1.95. The van der Waals surface area contributed by atoms with Gasteiger partial charge < -0.3 is 10.2 Å². The molecule has 6 heteroatoms. The number of nitrogens with one attached hydrogen (secondary N) is 1. The first-order valence-corrected chi connectivity index (χ1v) is 8.17. The Labute approximate surface area is 135 Å². The first kappa shape index (κ1) is 15.9. The largest absolute Gasteiger partial charge is 0.344 e. The van der Waals surface area contributed by atoms with E-state index in [9.17, 15) is 14.0 Å². The standard InChI is InChI=1S/C17H22FN3O2/c18-14-4-2-13(3-5-14)12-20-8-1-9-21(11-10-20)17(23)15-6-7-16(22)19-15/h2-5,15H,1,6-12H2,(H,19,22)/t15-/m1/s1. The first-order valence-electron chi connectivity index (χ1n) is 8.17. The second-order valence-corrected chi connectivity index (χ2v) is 6.24. The van der Waals surface area contributed by atoms with Crippen LogP contribution in [0.25, 0.3) is 0 Å². The average Bonchev–Trinajstić information content (AvgIpc) is 2.84. The number of hydrogen-bond acceptors (Lipinski definition) is 3. The first-order chi connectivity index (χ1) is 11.1. The molecule has 1 N–H and O–H groups in total. The van der Waals surface area contributed by atoms with Crippen LogP contribution in [0.2, 0.25) is 0 Å². The van der Waals surface area contributed by atoms with Crippen LogP contribution >= 0.6 is 0 Å². The summed E-state index contributed by atoms with van der Waals surface area (Å²) in [4.78, 5) is 27.9. The Morgan fingerprint density at radius 2 is 1.96 bits per heavy atom. The Bertz CT molecular complexity index is 576. The Balaban J connectivity index is 1.53. The van der Waals surface area contributed by atoms with Crippen LogP contribution in [0.15, 0.2) is 24.3 Å². The van der Waals surface area contributed by atoms with Crippen molar-refractivity contribution in [3.8, 4) is 0 Å². The van der Waals surface area contributed by atoms with Gasteiger partial charge in [0.2, 0.25) is 11.8 Å². The van der Waals surface area contributed by atoms with Crippen LogP contribution in [0.3, 0.4) is 0 Å². The maximum Gasteiger partial charge on any atom is 0.245 e. The van der Waals surface area contributed by atoms with Crippen molar-refractivity contribution >= 4 is 11.8 Å². The molecule has 0 aromatic heterocycles. The van der Waals surface area contributed by atoms with E-state index in [1.807, 2.05) is 4.90 Å². The zero-order valence-corrected chi connectivity index (χ0v) is 13.1. The van der Waals surface area contributed by atoms with Crippen LogP contribution in [0.1, 0.15) is 24.8 Å². The Morgan fingerprint density at radius 3 is 2.65 bits per heavy atom. The van der Waals surface area contributed by atoms with E-state index in [1.54, 1.807) is 12.1 Å². The molecule has 0 bridgehead atoms. The average molecular weight is 319 g/mol. The smallest absolute Gasteiger partial charge is 0.245 e. The summed E-state index contributed by atoms with van der Waals surface area (Å²) in [5.74, 6) is -0.212. The normalized spacial score (nSPS) is 22.7. The highest BCUT2D eigenvalue weighted by molar-refractivity contribution is 5.90. The lowest BCUT2D eigenvalue weighted by Gasteiger charge is -2.24. The molecule has 1 aromatic carbocycles. The number of carbonyl (C=O) groups is 2. The molecule has 5 nitrogen and oxygen atoms in total. The van der Waals surface area contributed by atoms with Gasteiger partial charge in [0.15, 0.2) is 0 Å². The summed E-state index contributed by atoms with van der Waals surface area (Å²) in [5.41, 5.74) is 1.08.